The number of aryl methyl sites for hydroxylation is 1. The second-order valence-corrected chi connectivity index (χ2v) is 7.33. The molecule has 1 N–H and O–H groups in total. The number of nitrogens with zero attached hydrogens (tertiary/aromatic N) is 4. The molecular weight excluding hydrogens is 378 g/mol. The predicted molar refractivity (Wildman–Crippen MR) is 115 cm³/mol. The van der Waals surface area contributed by atoms with Gasteiger partial charge < -0.3 is 15.0 Å². The third-order valence-electron chi connectivity index (χ3n) is 5.24. The number of pyridine rings is 1. The summed E-state index contributed by atoms with van der Waals surface area (Å²) in [7, 11) is 1.65. The first-order valence-corrected chi connectivity index (χ1v) is 10.1. The lowest BCUT2D eigenvalue weighted by atomic mass is 10.1. The topological polar surface area (TPSA) is 80.2 Å². The van der Waals surface area contributed by atoms with Crippen LogP contribution in [-0.4, -0.2) is 47.1 Å². The summed E-state index contributed by atoms with van der Waals surface area (Å²) in [6.07, 6.45) is 7.37. The summed E-state index contributed by atoms with van der Waals surface area (Å²) < 4.78 is 5.17. The zero-order valence-corrected chi connectivity index (χ0v) is 17.0. The number of hydrogen-bond donors (Lipinski definition) is 1. The van der Waals surface area contributed by atoms with Gasteiger partial charge in [-0.15, -0.1) is 0 Å². The van der Waals surface area contributed by atoms with E-state index in [4.69, 9.17) is 4.74 Å². The van der Waals surface area contributed by atoms with E-state index in [2.05, 4.69) is 25.2 Å². The van der Waals surface area contributed by atoms with Gasteiger partial charge in [-0.2, -0.15) is 0 Å². The summed E-state index contributed by atoms with van der Waals surface area (Å²) in [5, 5.41) is 3.15. The number of carbonyl (C=O) groups is 1. The Balaban J connectivity index is 1.29. The predicted octanol–water partition coefficient (Wildman–Crippen LogP) is 2.87. The zero-order chi connectivity index (χ0) is 20.8. The fraction of sp³-hybridized carbons (Fsp3) is 0.304. The number of nitrogens with one attached hydrogen (secondary N) is 1. The lowest BCUT2D eigenvalue weighted by molar-refractivity contribution is -0.121. The van der Waals surface area contributed by atoms with Gasteiger partial charge in [0.15, 0.2) is 0 Å². The maximum absolute atomic E-state index is 12.4. The third kappa shape index (κ3) is 4.92. The molecule has 1 unspecified atom stereocenters. The minimum Gasteiger partial charge on any atom is -0.497 e. The fourth-order valence-electron chi connectivity index (χ4n) is 3.59. The van der Waals surface area contributed by atoms with Crippen LogP contribution in [0.5, 0.6) is 5.75 Å². The van der Waals surface area contributed by atoms with Gasteiger partial charge in [0, 0.05) is 49.7 Å². The molecule has 0 spiro atoms. The van der Waals surface area contributed by atoms with Crippen LogP contribution in [0.15, 0.2) is 61.1 Å². The molecule has 3 heterocycles. The van der Waals surface area contributed by atoms with E-state index in [1.165, 1.54) is 0 Å². The molecule has 154 valence electrons. The van der Waals surface area contributed by atoms with E-state index in [0.29, 0.717) is 25.3 Å². The molecule has 0 bridgehead atoms. The Morgan fingerprint density at radius 3 is 2.83 bits per heavy atom. The van der Waals surface area contributed by atoms with Crippen molar-refractivity contribution >= 4 is 11.9 Å². The molecule has 1 amide bonds. The van der Waals surface area contributed by atoms with Gasteiger partial charge in [0.25, 0.3) is 0 Å². The number of amides is 1. The van der Waals surface area contributed by atoms with E-state index < -0.39 is 0 Å². The number of aromatic nitrogens is 3. The highest BCUT2D eigenvalue weighted by molar-refractivity contribution is 5.76. The molecule has 0 aliphatic carbocycles. The van der Waals surface area contributed by atoms with Crippen LogP contribution < -0.4 is 15.0 Å². The molecule has 1 atom stereocenters. The molecule has 1 fully saturated rings. The van der Waals surface area contributed by atoms with E-state index in [0.717, 1.165) is 35.5 Å². The highest BCUT2D eigenvalue weighted by atomic mass is 16.5. The molecular formula is C23H25N5O2. The second-order valence-electron chi connectivity index (χ2n) is 7.33. The number of anilines is 1. The van der Waals surface area contributed by atoms with E-state index in [1.807, 2.05) is 42.5 Å². The normalized spacial score (nSPS) is 15.8. The number of rotatable bonds is 7. The number of methoxy groups -OCH3 is 1. The Bertz CT molecular complexity index is 978. The van der Waals surface area contributed by atoms with Crippen molar-refractivity contribution in [3.05, 3.63) is 66.6 Å². The van der Waals surface area contributed by atoms with Crippen LogP contribution in [-0.2, 0) is 11.2 Å². The Kier molecular flexibility index (Phi) is 6.17. The van der Waals surface area contributed by atoms with Gasteiger partial charge in [-0.1, -0.05) is 12.1 Å². The molecule has 1 aliphatic rings. The van der Waals surface area contributed by atoms with E-state index in [-0.39, 0.29) is 11.9 Å². The first-order chi connectivity index (χ1) is 14.7. The minimum atomic E-state index is 0.0719. The van der Waals surface area contributed by atoms with Crippen molar-refractivity contribution in [2.45, 2.75) is 25.3 Å². The Morgan fingerprint density at radius 2 is 2.07 bits per heavy atom. The smallest absolute Gasteiger partial charge is 0.225 e. The molecule has 1 aliphatic heterocycles. The van der Waals surface area contributed by atoms with Crippen LogP contribution in [0.1, 0.15) is 18.4 Å². The average molecular weight is 403 g/mol. The number of ether oxygens (including phenoxy) is 1. The second kappa shape index (κ2) is 9.35. The first-order valence-electron chi connectivity index (χ1n) is 10.1. The van der Waals surface area contributed by atoms with Gasteiger partial charge in [-0.25, -0.2) is 9.97 Å². The summed E-state index contributed by atoms with van der Waals surface area (Å²) >= 11 is 0. The summed E-state index contributed by atoms with van der Waals surface area (Å²) in [6.45, 7) is 1.53. The van der Waals surface area contributed by atoms with Crippen LogP contribution in [0.3, 0.4) is 0 Å². The van der Waals surface area contributed by atoms with E-state index in [9.17, 15) is 4.79 Å². The molecule has 1 aromatic carbocycles. The van der Waals surface area contributed by atoms with Gasteiger partial charge in [0.1, 0.15) is 5.75 Å². The Hall–Kier alpha value is -3.48. The fourth-order valence-corrected chi connectivity index (χ4v) is 3.59. The molecule has 7 heteroatoms. The van der Waals surface area contributed by atoms with Crippen molar-refractivity contribution < 1.29 is 9.53 Å². The average Bonchev–Trinajstić information content (AvgIpc) is 3.27. The zero-order valence-electron chi connectivity index (χ0n) is 17.0. The van der Waals surface area contributed by atoms with Gasteiger partial charge in [-0.3, -0.25) is 9.78 Å². The SMILES string of the molecule is COc1ccc(CCC(=O)NC2CCN(c3nccc(-c4cccnc4)n3)C2)cc1. The monoisotopic (exact) mass is 403 g/mol. The van der Waals surface area contributed by atoms with Crippen LogP contribution in [0.2, 0.25) is 0 Å². The molecule has 3 aromatic rings. The molecule has 4 rings (SSSR count). The van der Waals surface area contributed by atoms with Crippen molar-refractivity contribution in [2.75, 3.05) is 25.1 Å². The molecule has 2 aromatic heterocycles. The first kappa shape index (κ1) is 19.8. The number of hydrogen-bond acceptors (Lipinski definition) is 6. The summed E-state index contributed by atoms with van der Waals surface area (Å²) in [5.41, 5.74) is 2.93. The lowest BCUT2D eigenvalue weighted by Gasteiger charge is -2.17. The van der Waals surface area contributed by atoms with Crippen LogP contribution >= 0.6 is 0 Å². The van der Waals surface area contributed by atoms with E-state index >= 15 is 0 Å². The van der Waals surface area contributed by atoms with Crippen molar-refractivity contribution in [1.82, 2.24) is 20.3 Å². The number of benzene rings is 1. The summed E-state index contributed by atoms with van der Waals surface area (Å²) in [5.74, 6) is 1.58. The van der Waals surface area contributed by atoms with E-state index in [1.54, 1.807) is 25.7 Å². The van der Waals surface area contributed by atoms with Gasteiger partial charge in [-0.05, 0) is 48.7 Å². The highest BCUT2D eigenvalue weighted by Crippen LogP contribution is 2.21. The largest absolute Gasteiger partial charge is 0.497 e. The maximum atomic E-state index is 12.4. The highest BCUT2D eigenvalue weighted by Gasteiger charge is 2.25. The van der Waals surface area contributed by atoms with Gasteiger partial charge in [0.2, 0.25) is 11.9 Å². The Labute approximate surface area is 176 Å². The summed E-state index contributed by atoms with van der Waals surface area (Å²) in [4.78, 5) is 27.8. The molecule has 7 nitrogen and oxygen atoms in total. The third-order valence-corrected chi connectivity index (χ3v) is 5.24. The molecule has 30 heavy (non-hydrogen) atoms. The van der Waals surface area contributed by atoms with Gasteiger partial charge >= 0.3 is 0 Å². The van der Waals surface area contributed by atoms with Crippen molar-refractivity contribution in [3.63, 3.8) is 0 Å². The lowest BCUT2D eigenvalue weighted by Crippen LogP contribution is -2.37. The molecule has 0 saturated carbocycles. The van der Waals surface area contributed by atoms with Crippen LogP contribution in [0.25, 0.3) is 11.3 Å². The van der Waals surface area contributed by atoms with Gasteiger partial charge in [0.05, 0.1) is 12.8 Å². The number of carbonyl (C=O) groups excluding carboxylic acids is 1. The minimum absolute atomic E-state index is 0.0719. The van der Waals surface area contributed by atoms with Crippen molar-refractivity contribution in [1.29, 1.82) is 0 Å². The molecule has 1 saturated heterocycles. The standard InChI is InChI=1S/C23H25N5O2/c1-30-20-7-4-17(5-8-20)6-9-22(29)26-19-11-14-28(16-19)23-25-13-10-21(27-23)18-3-2-12-24-15-18/h2-5,7-8,10,12-13,15,19H,6,9,11,14,16H2,1H3,(H,26,29). The Morgan fingerprint density at radius 1 is 1.20 bits per heavy atom. The van der Waals surface area contributed by atoms with Crippen LogP contribution in [0.4, 0.5) is 5.95 Å². The van der Waals surface area contributed by atoms with Crippen molar-refractivity contribution in [2.24, 2.45) is 0 Å². The maximum Gasteiger partial charge on any atom is 0.225 e. The van der Waals surface area contributed by atoms with Crippen LogP contribution in [0, 0.1) is 0 Å². The quantitative estimate of drug-likeness (QED) is 0.653. The molecule has 0 radical (unpaired) electrons. The summed E-state index contributed by atoms with van der Waals surface area (Å²) in [6, 6.07) is 13.7. The van der Waals surface area contributed by atoms with Crippen molar-refractivity contribution in [3.8, 4) is 17.0 Å².